The predicted octanol–water partition coefficient (Wildman–Crippen LogP) is 0.878. The Labute approximate surface area is 121 Å². The van der Waals surface area contributed by atoms with Gasteiger partial charge in [0.05, 0.1) is 24.3 Å². The van der Waals surface area contributed by atoms with Gasteiger partial charge in [-0.3, -0.25) is 9.78 Å². The molecule has 3 N–H and O–H groups in total. The molecule has 0 spiro atoms. The molecule has 0 aliphatic carbocycles. The van der Waals surface area contributed by atoms with Crippen molar-refractivity contribution in [1.82, 2.24) is 35.2 Å². The fourth-order valence-electron chi connectivity index (χ4n) is 1.93. The minimum Gasteiger partial charge on any atom is -0.367 e. The largest absolute Gasteiger partial charge is 0.367 e. The third-order valence-corrected chi connectivity index (χ3v) is 2.95. The van der Waals surface area contributed by atoms with Gasteiger partial charge in [0.1, 0.15) is 5.82 Å². The first-order chi connectivity index (χ1) is 10.4. The van der Waals surface area contributed by atoms with E-state index >= 15 is 0 Å². The molecule has 0 bridgehead atoms. The highest BCUT2D eigenvalue weighted by molar-refractivity contribution is 5.86. The predicted molar refractivity (Wildman–Crippen MR) is 79.0 cm³/mol. The Hall–Kier alpha value is -2.71. The monoisotopic (exact) mass is 287 g/mol. The van der Waals surface area contributed by atoms with Gasteiger partial charge in [-0.15, -0.1) is 5.10 Å². The van der Waals surface area contributed by atoms with Gasteiger partial charge in [-0.2, -0.15) is 15.1 Å². The lowest BCUT2D eigenvalue weighted by atomic mass is 10.4. The molecule has 0 atom stereocenters. The number of aromatic nitrogens is 7. The first kappa shape index (κ1) is 13.3. The molecular formula is C12H17N9. The lowest BCUT2D eigenvalue weighted by Gasteiger charge is -2.09. The Morgan fingerprint density at radius 2 is 2.19 bits per heavy atom. The van der Waals surface area contributed by atoms with Crippen LogP contribution in [0.2, 0.25) is 0 Å². The minimum absolute atomic E-state index is 0.594. The van der Waals surface area contributed by atoms with Crippen LogP contribution in [0, 0.1) is 0 Å². The molecule has 3 aromatic rings. The van der Waals surface area contributed by atoms with Crippen LogP contribution in [0.1, 0.15) is 13.3 Å². The van der Waals surface area contributed by atoms with Crippen molar-refractivity contribution in [1.29, 1.82) is 0 Å². The van der Waals surface area contributed by atoms with Crippen LogP contribution in [0.25, 0.3) is 11.0 Å². The van der Waals surface area contributed by atoms with E-state index in [4.69, 9.17) is 0 Å². The highest BCUT2D eigenvalue weighted by atomic mass is 15.4. The van der Waals surface area contributed by atoms with Crippen LogP contribution in [-0.2, 0) is 6.54 Å². The van der Waals surface area contributed by atoms with E-state index in [2.05, 4.69) is 48.0 Å². The zero-order valence-electron chi connectivity index (χ0n) is 11.7. The van der Waals surface area contributed by atoms with Crippen LogP contribution in [0.15, 0.2) is 18.6 Å². The number of hydrogen-bond donors (Lipinski definition) is 3. The van der Waals surface area contributed by atoms with Crippen LogP contribution in [0.4, 0.5) is 11.8 Å². The molecule has 0 aliphatic heterocycles. The number of H-pyrrole nitrogens is 1. The van der Waals surface area contributed by atoms with E-state index in [1.54, 1.807) is 17.1 Å². The summed E-state index contributed by atoms with van der Waals surface area (Å²) in [7, 11) is 0. The highest BCUT2D eigenvalue weighted by Gasteiger charge is 2.08. The van der Waals surface area contributed by atoms with Crippen LogP contribution < -0.4 is 10.6 Å². The standard InChI is InChI=1S/C12H17N9/c1-2-3-14-12-17-10(9-8-16-19-11(9)18-12)13-4-6-21-7-5-15-20-21/h5,7-8H,2-4,6H2,1H3,(H3,13,14,16,17,18,19). The summed E-state index contributed by atoms with van der Waals surface area (Å²) in [4.78, 5) is 8.87. The minimum atomic E-state index is 0.594. The van der Waals surface area contributed by atoms with E-state index in [-0.39, 0.29) is 0 Å². The van der Waals surface area contributed by atoms with E-state index in [1.807, 2.05) is 6.20 Å². The Kier molecular flexibility index (Phi) is 3.90. The molecule has 3 rings (SSSR count). The molecule has 0 amide bonds. The van der Waals surface area contributed by atoms with Crippen molar-refractivity contribution in [2.45, 2.75) is 19.9 Å². The zero-order chi connectivity index (χ0) is 14.5. The van der Waals surface area contributed by atoms with Crippen molar-refractivity contribution >= 4 is 22.8 Å². The maximum atomic E-state index is 4.49. The van der Waals surface area contributed by atoms with Crippen molar-refractivity contribution in [2.24, 2.45) is 0 Å². The maximum Gasteiger partial charge on any atom is 0.226 e. The fourth-order valence-corrected chi connectivity index (χ4v) is 1.93. The SMILES string of the molecule is CCCNc1nc(NCCn2ccnn2)c2cn[nH]c2n1. The third kappa shape index (κ3) is 3.07. The number of fused-ring (bicyclic) bond motifs is 1. The van der Waals surface area contributed by atoms with Crippen LogP contribution in [-0.4, -0.2) is 48.2 Å². The molecule has 9 nitrogen and oxygen atoms in total. The molecule has 9 heteroatoms. The fraction of sp³-hybridized carbons (Fsp3) is 0.417. The molecule has 110 valence electrons. The normalized spacial score (nSPS) is 10.9. The lowest BCUT2D eigenvalue weighted by molar-refractivity contribution is 0.608. The number of aromatic amines is 1. The molecule has 0 unspecified atom stereocenters. The van der Waals surface area contributed by atoms with Gasteiger partial charge in [0.25, 0.3) is 0 Å². The number of nitrogens with one attached hydrogen (secondary N) is 3. The first-order valence-electron chi connectivity index (χ1n) is 6.90. The Morgan fingerprint density at radius 3 is 3.00 bits per heavy atom. The van der Waals surface area contributed by atoms with Gasteiger partial charge >= 0.3 is 0 Å². The Balaban J connectivity index is 1.74. The van der Waals surface area contributed by atoms with Crippen LogP contribution >= 0.6 is 0 Å². The lowest BCUT2D eigenvalue weighted by Crippen LogP contribution is -2.13. The topological polar surface area (TPSA) is 109 Å². The summed E-state index contributed by atoms with van der Waals surface area (Å²) in [5.74, 6) is 1.35. The molecule has 0 fully saturated rings. The van der Waals surface area contributed by atoms with Gasteiger partial charge in [0.15, 0.2) is 5.65 Å². The number of hydrogen-bond acceptors (Lipinski definition) is 7. The van der Waals surface area contributed by atoms with Crippen molar-refractivity contribution in [2.75, 3.05) is 23.7 Å². The van der Waals surface area contributed by atoms with E-state index in [0.29, 0.717) is 24.7 Å². The summed E-state index contributed by atoms with van der Waals surface area (Å²) in [6, 6.07) is 0. The van der Waals surface area contributed by atoms with Gasteiger partial charge in [0.2, 0.25) is 5.95 Å². The van der Waals surface area contributed by atoms with Gasteiger partial charge in [-0.25, -0.2) is 0 Å². The third-order valence-electron chi connectivity index (χ3n) is 2.95. The smallest absolute Gasteiger partial charge is 0.226 e. The number of anilines is 2. The second-order valence-corrected chi connectivity index (χ2v) is 4.55. The quantitative estimate of drug-likeness (QED) is 0.591. The number of nitrogens with zero attached hydrogens (tertiary/aromatic N) is 6. The molecule has 0 aliphatic rings. The van der Waals surface area contributed by atoms with E-state index < -0.39 is 0 Å². The zero-order valence-corrected chi connectivity index (χ0v) is 11.7. The van der Waals surface area contributed by atoms with Crippen molar-refractivity contribution in [3.63, 3.8) is 0 Å². The molecule has 21 heavy (non-hydrogen) atoms. The first-order valence-corrected chi connectivity index (χ1v) is 6.90. The summed E-state index contributed by atoms with van der Waals surface area (Å²) in [5, 5.41) is 21.9. The van der Waals surface area contributed by atoms with E-state index in [0.717, 1.165) is 24.2 Å². The summed E-state index contributed by atoms with van der Waals surface area (Å²) in [6.45, 7) is 4.33. The van der Waals surface area contributed by atoms with E-state index in [1.165, 1.54) is 0 Å². The second-order valence-electron chi connectivity index (χ2n) is 4.55. The van der Waals surface area contributed by atoms with Crippen LogP contribution in [0.5, 0.6) is 0 Å². The average Bonchev–Trinajstić information content (AvgIpc) is 3.15. The Morgan fingerprint density at radius 1 is 1.24 bits per heavy atom. The summed E-state index contributed by atoms with van der Waals surface area (Å²) in [5.41, 5.74) is 0.715. The van der Waals surface area contributed by atoms with E-state index in [9.17, 15) is 0 Å². The molecule has 3 aromatic heterocycles. The summed E-state index contributed by atoms with van der Waals surface area (Å²) < 4.78 is 1.76. The van der Waals surface area contributed by atoms with Gasteiger partial charge in [-0.1, -0.05) is 12.1 Å². The van der Waals surface area contributed by atoms with Crippen LogP contribution in [0.3, 0.4) is 0 Å². The summed E-state index contributed by atoms with van der Waals surface area (Å²) in [6.07, 6.45) is 6.21. The van der Waals surface area contributed by atoms with Gasteiger partial charge in [0, 0.05) is 19.3 Å². The molecular weight excluding hydrogens is 270 g/mol. The van der Waals surface area contributed by atoms with Gasteiger partial charge < -0.3 is 10.6 Å². The van der Waals surface area contributed by atoms with Crippen molar-refractivity contribution in [3.05, 3.63) is 18.6 Å². The highest BCUT2D eigenvalue weighted by Crippen LogP contribution is 2.19. The maximum absolute atomic E-state index is 4.49. The molecule has 0 saturated carbocycles. The molecule has 0 radical (unpaired) electrons. The Bertz CT molecular complexity index is 688. The number of rotatable bonds is 7. The van der Waals surface area contributed by atoms with Crippen molar-refractivity contribution in [3.8, 4) is 0 Å². The van der Waals surface area contributed by atoms with Gasteiger partial charge in [-0.05, 0) is 6.42 Å². The second kappa shape index (κ2) is 6.16. The average molecular weight is 287 g/mol. The molecule has 0 aromatic carbocycles. The van der Waals surface area contributed by atoms with Crippen molar-refractivity contribution < 1.29 is 0 Å². The molecule has 0 saturated heterocycles. The molecule has 3 heterocycles. The summed E-state index contributed by atoms with van der Waals surface area (Å²) >= 11 is 0.